The molecular weight excluding hydrogens is 234 g/mol. The van der Waals surface area contributed by atoms with Gasteiger partial charge in [-0.15, -0.1) is 0 Å². The maximum Gasteiger partial charge on any atom is 3.00 e. The van der Waals surface area contributed by atoms with Gasteiger partial charge < -0.3 is 21.3 Å². The summed E-state index contributed by atoms with van der Waals surface area (Å²) in [5, 5.41) is 0. The average Bonchev–Trinajstić information content (AvgIpc) is 2.00. The first kappa shape index (κ1) is 19.3. The van der Waals surface area contributed by atoms with Gasteiger partial charge in [-0.25, -0.2) is 0 Å². The number of hydrogen-bond acceptors (Lipinski definition) is 3. The summed E-state index contributed by atoms with van der Waals surface area (Å²) in [6, 6.07) is 0. The Balaban J connectivity index is -0.000000173. The van der Waals surface area contributed by atoms with Gasteiger partial charge in [0.15, 0.2) is 0 Å². The van der Waals surface area contributed by atoms with Gasteiger partial charge in [-0.05, 0) is 12.6 Å². The van der Waals surface area contributed by atoms with Gasteiger partial charge in [-0.1, -0.05) is 34.3 Å². The zero-order valence-corrected chi connectivity index (χ0v) is 10.1. The molecule has 0 aromatic rings. The van der Waals surface area contributed by atoms with Crippen LogP contribution in [-0.4, -0.2) is 6.16 Å². The normalized spacial score (nSPS) is 9.62. The van der Waals surface area contributed by atoms with Crippen LogP contribution >= 0.6 is 7.60 Å². The summed E-state index contributed by atoms with van der Waals surface area (Å²) in [4.78, 5) is 19.7. The third-order valence-corrected chi connectivity index (χ3v) is 2.00. The van der Waals surface area contributed by atoms with E-state index in [0.29, 0.717) is 6.42 Å². The van der Waals surface area contributed by atoms with E-state index >= 15 is 0 Å². The Labute approximate surface area is 91.4 Å². The summed E-state index contributed by atoms with van der Waals surface area (Å²) in [6.45, 7) is 7.57. The zero-order chi connectivity index (χ0) is 10.0. The van der Waals surface area contributed by atoms with Crippen LogP contribution in [0.3, 0.4) is 0 Å². The molecule has 13 heavy (non-hydrogen) atoms. The van der Waals surface area contributed by atoms with E-state index in [-0.39, 0.29) is 22.7 Å². The summed E-state index contributed by atoms with van der Waals surface area (Å²) in [5.74, 6) is 0. The Bertz CT molecular complexity index is 123. The molecule has 0 aromatic carbocycles. The molecule has 0 aromatic heterocycles. The van der Waals surface area contributed by atoms with Gasteiger partial charge >= 0.3 is 16.5 Å². The van der Waals surface area contributed by atoms with Gasteiger partial charge in [0, 0.05) is 0 Å². The van der Waals surface area contributed by atoms with E-state index in [1.807, 2.05) is 6.92 Å². The predicted molar refractivity (Wildman–Crippen MR) is 47.6 cm³/mol. The quantitative estimate of drug-likeness (QED) is 0.430. The largest absolute Gasteiger partial charge is 3.00 e. The van der Waals surface area contributed by atoms with Crippen molar-refractivity contribution in [1.29, 1.82) is 0 Å². The van der Waals surface area contributed by atoms with Gasteiger partial charge in [0.05, 0.1) is 0 Å². The molecule has 0 heterocycles. The SMILES string of the molecule is CCCCP(=O)([O-])[O-].[CH2-]CCC.[Ni+3]. The molecule has 0 saturated heterocycles. The second-order valence-electron chi connectivity index (χ2n) is 2.54. The first-order chi connectivity index (χ1) is 5.47. The molecule has 0 N–H and O–H groups in total. The van der Waals surface area contributed by atoms with E-state index in [1.165, 1.54) is 6.42 Å². The van der Waals surface area contributed by atoms with E-state index in [2.05, 4.69) is 13.8 Å². The average molecular weight is 252 g/mol. The van der Waals surface area contributed by atoms with Crippen molar-refractivity contribution in [2.45, 2.75) is 39.5 Å². The monoisotopic (exact) mass is 251 g/mol. The Morgan fingerprint density at radius 3 is 1.69 bits per heavy atom. The molecule has 0 atom stereocenters. The van der Waals surface area contributed by atoms with Crippen LogP contribution in [0.1, 0.15) is 39.5 Å². The van der Waals surface area contributed by atoms with Crippen LogP contribution in [0.5, 0.6) is 0 Å². The van der Waals surface area contributed by atoms with Crippen molar-refractivity contribution in [1.82, 2.24) is 0 Å². The summed E-state index contributed by atoms with van der Waals surface area (Å²) in [5.41, 5.74) is 0. The molecule has 1 radical (unpaired) electrons. The second kappa shape index (κ2) is 12.6. The second-order valence-corrected chi connectivity index (χ2v) is 4.21. The first-order valence-corrected chi connectivity index (χ1v) is 6.01. The summed E-state index contributed by atoms with van der Waals surface area (Å²) < 4.78 is 9.86. The van der Waals surface area contributed by atoms with Crippen LogP contribution in [0.15, 0.2) is 0 Å². The number of rotatable bonds is 4. The van der Waals surface area contributed by atoms with Gasteiger partial charge in [0.2, 0.25) is 0 Å². The van der Waals surface area contributed by atoms with Crippen LogP contribution < -0.4 is 9.79 Å². The maximum atomic E-state index is 9.86. The Morgan fingerprint density at radius 1 is 1.23 bits per heavy atom. The van der Waals surface area contributed by atoms with Crippen LogP contribution in [0.2, 0.25) is 0 Å². The van der Waals surface area contributed by atoms with Crippen LogP contribution in [0.25, 0.3) is 0 Å². The van der Waals surface area contributed by atoms with Gasteiger partial charge in [0.1, 0.15) is 0 Å². The van der Waals surface area contributed by atoms with Crippen LogP contribution in [0.4, 0.5) is 0 Å². The molecule has 5 heteroatoms. The third kappa shape index (κ3) is 32.5. The van der Waals surface area contributed by atoms with Crippen molar-refractivity contribution in [2.24, 2.45) is 0 Å². The van der Waals surface area contributed by atoms with E-state index in [0.717, 1.165) is 12.8 Å². The standard InChI is InChI=1S/C4H11O3P.C4H9.Ni/c1-2-3-4-8(5,6)7;1-3-4-2;/h2-4H2,1H3,(H2,5,6,7);1,3-4H2,2H3;/q;-1;+3/p-2. The molecule has 0 rings (SSSR count). The molecule has 0 bridgehead atoms. The molecule has 0 aliphatic rings. The van der Waals surface area contributed by atoms with Crippen molar-refractivity contribution >= 4 is 7.60 Å². The van der Waals surface area contributed by atoms with E-state index in [9.17, 15) is 14.4 Å². The van der Waals surface area contributed by atoms with Gasteiger partial charge in [-0.3, -0.25) is 0 Å². The van der Waals surface area contributed by atoms with Crippen LogP contribution in [0, 0.1) is 6.92 Å². The van der Waals surface area contributed by atoms with E-state index in [4.69, 9.17) is 0 Å². The molecular formula is C8H18NiO3P. The molecule has 83 valence electrons. The van der Waals surface area contributed by atoms with Crippen LogP contribution in [-0.2, 0) is 21.1 Å². The predicted octanol–water partition coefficient (Wildman–Crippen LogP) is 1.32. The fraction of sp³-hybridized carbons (Fsp3) is 0.875. The molecule has 3 nitrogen and oxygen atoms in total. The first-order valence-electron chi connectivity index (χ1n) is 4.28. The Hall–Kier alpha value is 0.644. The minimum absolute atomic E-state index is 0. The molecule has 0 spiro atoms. The summed E-state index contributed by atoms with van der Waals surface area (Å²) >= 11 is 0. The topological polar surface area (TPSA) is 63.2 Å². The molecule has 0 saturated carbocycles. The van der Waals surface area contributed by atoms with Gasteiger partial charge in [-0.2, -0.15) is 6.42 Å². The smallest absolute Gasteiger partial charge is 0.811 e. The summed E-state index contributed by atoms with van der Waals surface area (Å²) in [6.07, 6.45) is 3.34. The van der Waals surface area contributed by atoms with E-state index in [1.54, 1.807) is 0 Å². The number of unbranched alkanes of at least 4 members (excludes halogenated alkanes) is 2. The minimum atomic E-state index is -4.18. The van der Waals surface area contributed by atoms with Crippen molar-refractivity contribution in [3.63, 3.8) is 0 Å². The molecule has 0 aliphatic carbocycles. The maximum absolute atomic E-state index is 9.86. The third-order valence-electron chi connectivity index (χ3n) is 1.14. The minimum Gasteiger partial charge on any atom is -0.811 e. The van der Waals surface area contributed by atoms with Crippen molar-refractivity contribution < 1.29 is 30.8 Å². The van der Waals surface area contributed by atoms with Crippen molar-refractivity contribution in [2.75, 3.05) is 6.16 Å². The molecule has 0 fully saturated rings. The summed E-state index contributed by atoms with van der Waals surface area (Å²) in [7, 11) is -4.18. The number of hydrogen-bond donors (Lipinski definition) is 0. The molecule has 0 aliphatic heterocycles. The van der Waals surface area contributed by atoms with Crippen molar-refractivity contribution in [3.8, 4) is 0 Å². The Kier molecular flexibility index (Phi) is 18.7. The molecule has 0 amide bonds. The van der Waals surface area contributed by atoms with Crippen molar-refractivity contribution in [3.05, 3.63) is 6.92 Å². The zero-order valence-electron chi connectivity index (χ0n) is 8.23. The Morgan fingerprint density at radius 2 is 1.62 bits per heavy atom. The molecule has 0 unspecified atom stereocenters. The van der Waals surface area contributed by atoms with Gasteiger partial charge in [0.25, 0.3) is 0 Å². The fourth-order valence-corrected chi connectivity index (χ4v) is 1.06. The fourth-order valence-electron chi connectivity index (χ4n) is 0.352. The van der Waals surface area contributed by atoms with E-state index < -0.39 is 7.60 Å².